The zero-order valence-electron chi connectivity index (χ0n) is 17.2. The number of benzene rings is 3. The molecule has 0 bridgehead atoms. The molecule has 0 aromatic heterocycles. The largest absolute Gasteiger partial charge is 0.497 e. The van der Waals surface area contributed by atoms with E-state index >= 15 is 0 Å². The summed E-state index contributed by atoms with van der Waals surface area (Å²) >= 11 is 5.25. The Labute approximate surface area is 187 Å². The van der Waals surface area contributed by atoms with Crippen molar-refractivity contribution in [3.63, 3.8) is 0 Å². The number of hydrogen-bond acceptors (Lipinski definition) is 5. The predicted molar refractivity (Wildman–Crippen MR) is 124 cm³/mol. The van der Waals surface area contributed by atoms with Crippen molar-refractivity contribution in [3.05, 3.63) is 90.0 Å². The van der Waals surface area contributed by atoms with Crippen molar-refractivity contribution in [1.29, 1.82) is 0 Å². The summed E-state index contributed by atoms with van der Waals surface area (Å²) in [5, 5.41) is 5.95. The van der Waals surface area contributed by atoms with Gasteiger partial charge in [0.05, 0.1) is 12.7 Å². The molecule has 31 heavy (non-hydrogen) atoms. The number of methoxy groups -OCH3 is 1. The summed E-state index contributed by atoms with van der Waals surface area (Å²) in [6.07, 6.45) is 0. The second-order valence-corrected chi connectivity index (χ2v) is 6.90. The maximum absolute atomic E-state index is 12.7. The van der Waals surface area contributed by atoms with E-state index < -0.39 is 0 Å². The lowest BCUT2D eigenvalue weighted by atomic mass is 10.2. The van der Waals surface area contributed by atoms with Crippen LogP contribution in [0.25, 0.3) is 0 Å². The minimum Gasteiger partial charge on any atom is -0.497 e. The van der Waals surface area contributed by atoms with Gasteiger partial charge in [0.1, 0.15) is 30.5 Å². The maximum atomic E-state index is 12.7. The van der Waals surface area contributed by atoms with E-state index in [0.29, 0.717) is 31.1 Å². The zero-order chi connectivity index (χ0) is 21.9. The molecule has 0 radical (unpaired) electrons. The van der Waals surface area contributed by atoms with E-state index in [2.05, 4.69) is 10.6 Å². The van der Waals surface area contributed by atoms with Gasteiger partial charge in [-0.25, -0.2) is 0 Å². The van der Waals surface area contributed by atoms with Crippen molar-refractivity contribution in [3.8, 4) is 17.2 Å². The van der Waals surface area contributed by atoms with Gasteiger partial charge in [-0.2, -0.15) is 0 Å². The van der Waals surface area contributed by atoms with Crippen LogP contribution < -0.4 is 24.8 Å². The number of ether oxygens (including phenoxy) is 3. The number of amides is 1. The topological polar surface area (TPSA) is 68.8 Å². The minimum atomic E-state index is -0.341. The van der Waals surface area contributed by atoms with Crippen molar-refractivity contribution >= 4 is 23.2 Å². The number of thiocarbonyl (C=S) groups is 1. The van der Waals surface area contributed by atoms with Gasteiger partial charge in [0.25, 0.3) is 5.91 Å². The first-order chi connectivity index (χ1) is 15.2. The average molecular weight is 437 g/mol. The fraction of sp³-hybridized carbons (Fsp3) is 0.167. The summed E-state index contributed by atoms with van der Waals surface area (Å²) < 4.78 is 16.5. The van der Waals surface area contributed by atoms with Crippen molar-refractivity contribution in [2.24, 2.45) is 0 Å². The highest BCUT2D eigenvalue weighted by Gasteiger charge is 2.13. The first-order valence-electron chi connectivity index (χ1n) is 9.77. The highest BCUT2D eigenvalue weighted by molar-refractivity contribution is 7.80. The lowest BCUT2D eigenvalue weighted by molar-refractivity contribution is 0.0971. The van der Waals surface area contributed by atoms with Crippen LogP contribution in [0.2, 0.25) is 0 Å². The molecule has 0 spiro atoms. The summed E-state index contributed by atoms with van der Waals surface area (Å²) in [4.78, 5) is 12.7. The molecule has 0 saturated carbocycles. The zero-order valence-corrected chi connectivity index (χ0v) is 18.0. The lowest BCUT2D eigenvalue weighted by Crippen LogP contribution is -2.39. The summed E-state index contributed by atoms with van der Waals surface area (Å²) in [5.41, 5.74) is 1.41. The van der Waals surface area contributed by atoms with Crippen LogP contribution in [0, 0.1) is 0 Å². The van der Waals surface area contributed by atoms with E-state index in [4.69, 9.17) is 26.4 Å². The van der Waals surface area contributed by atoms with Gasteiger partial charge < -0.3 is 19.5 Å². The van der Waals surface area contributed by atoms with Gasteiger partial charge in [-0.15, -0.1) is 0 Å². The molecule has 0 aliphatic rings. The monoisotopic (exact) mass is 436 g/mol. The van der Waals surface area contributed by atoms with Crippen molar-refractivity contribution in [2.75, 3.05) is 20.3 Å². The Bertz CT molecular complexity index is 994. The lowest BCUT2D eigenvalue weighted by Gasteiger charge is -2.13. The van der Waals surface area contributed by atoms with Gasteiger partial charge in [-0.05, 0) is 54.2 Å². The third-order valence-corrected chi connectivity index (χ3v) is 4.57. The molecule has 0 heterocycles. The van der Waals surface area contributed by atoms with E-state index in [1.807, 2.05) is 60.7 Å². The molecule has 3 aromatic rings. The molecular weight excluding hydrogens is 412 g/mol. The first kappa shape index (κ1) is 22.1. The molecule has 1 amide bonds. The van der Waals surface area contributed by atoms with Crippen molar-refractivity contribution in [2.45, 2.75) is 6.54 Å². The SMILES string of the molecule is COc1ccc(CNC(=S)NC(=O)c2ccccc2OCCOc2ccccc2)cc1. The molecule has 0 aliphatic heterocycles. The van der Waals surface area contributed by atoms with Crippen LogP contribution in [-0.2, 0) is 6.54 Å². The fourth-order valence-corrected chi connectivity index (χ4v) is 2.91. The molecule has 0 unspecified atom stereocenters. The van der Waals surface area contributed by atoms with E-state index in [9.17, 15) is 4.79 Å². The van der Waals surface area contributed by atoms with Crippen LogP contribution in [0.3, 0.4) is 0 Å². The molecule has 0 saturated heterocycles. The molecule has 3 rings (SSSR count). The second kappa shape index (κ2) is 11.6. The van der Waals surface area contributed by atoms with Gasteiger partial charge >= 0.3 is 0 Å². The van der Waals surface area contributed by atoms with Gasteiger partial charge in [-0.3, -0.25) is 10.1 Å². The minimum absolute atomic E-state index is 0.239. The first-order valence-corrected chi connectivity index (χ1v) is 10.2. The Hall–Kier alpha value is -3.58. The van der Waals surface area contributed by atoms with Crippen LogP contribution >= 0.6 is 12.2 Å². The van der Waals surface area contributed by atoms with Crippen molar-refractivity contribution < 1.29 is 19.0 Å². The molecular formula is C24H24N2O4S. The number of carbonyl (C=O) groups is 1. The molecule has 0 atom stereocenters. The van der Waals surface area contributed by atoms with E-state index in [-0.39, 0.29) is 11.0 Å². The summed E-state index contributed by atoms with van der Waals surface area (Å²) in [5.74, 6) is 1.68. The fourth-order valence-electron chi connectivity index (χ4n) is 2.75. The second-order valence-electron chi connectivity index (χ2n) is 6.49. The third-order valence-electron chi connectivity index (χ3n) is 4.32. The van der Waals surface area contributed by atoms with Gasteiger partial charge in [0, 0.05) is 6.54 Å². The van der Waals surface area contributed by atoms with Gasteiger partial charge in [0.2, 0.25) is 0 Å². The summed E-state index contributed by atoms with van der Waals surface area (Å²) in [6, 6.07) is 24.1. The molecule has 0 fully saturated rings. The normalized spacial score (nSPS) is 10.1. The highest BCUT2D eigenvalue weighted by Crippen LogP contribution is 2.18. The number of para-hydroxylation sites is 2. The van der Waals surface area contributed by atoms with Crippen LogP contribution in [0.15, 0.2) is 78.9 Å². The standard InChI is InChI=1S/C24H24N2O4S/c1-28-19-13-11-18(12-14-19)17-25-24(31)26-23(27)21-9-5-6-10-22(21)30-16-15-29-20-7-3-2-4-8-20/h2-14H,15-17H2,1H3,(H2,25,26,27,31). The maximum Gasteiger partial charge on any atom is 0.261 e. The Kier molecular flexibility index (Phi) is 8.25. The summed E-state index contributed by atoms with van der Waals surface area (Å²) in [6.45, 7) is 1.15. The smallest absolute Gasteiger partial charge is 0.261 e. The summed E-state index contributed by atoms with van der Waals surface area (Å²) in [7, 11) is 1.62. The quantitative estimate of drug-likeness (QED) is 0.391. The van der Waals surface area contributed by atoms with E-state index in [0.717, 1.165) is 17.1 Å². The molecule has 6 nitrogen and oxygen atoms in total. The van der Waals surface area contributed by atoms with Gasteiger partial charge in [0.15, 0.2) is 5.11 Å². The van der Waals surface area contributed by atoms with E-state index in [1.165, 1.54) is 0 Å². The average Bonchev–Trinajstić information content (AvgIpc) is 2.81. The number of hydrogen-bond donors (Lipinski definition) is 2. The molecule has 160 valence electrons. The number of carbonyl (C=O) groups excluding carboxylic acids is 1. The molecule has 7 heteroatoms. The van der Waals surface area contributed by atoms with E-state index in [1.54, 1.807) is 25.3 Å². The predicted octanol–water partition coefficient (Wildman–Crippen LogP) is 3.96. The Balaban J connectivity index is 1.48. The Morgan fingerprint density at radius 3 is 2.26 bits per heavy atom. The number of nitrogens with one attached hydrogen (secondary N) is 2. The van der Waals surface area contributed by atoms with Crippen LogP contribution in [-0.4, -0.2) is 31.3 Å². The van der Waals surface area contributed by atoms with Crippen LogP contribution in [0.5, 0.6) is 17.2 Å². The van der Waals surface area contributed by atoms with Crippen molar-refractivity contribution in [1.82, 2.24) is 10.6 Å². The number of rotatable bonds is 9. The third kappa shape index (κ3) is 7.01. The molecule has 0 aliphatic carbocycles. The highest BCUT2D eigenvalue weighted by atomic mass is 32.1. The Morgan fingerprint density at radius 1 is 0.839 bits per heavy atom. The Morgan fingerprint density at radius 2 is 1.52 bits per heavy atom. The van der Waals surface area contributed by atoms with Crippen LogP contribution in [0.1, 0.15) is 15.9 Å². The molecule has 3 aromatic carbocycles. The van der Waals surface area contributed by atoms with Crippen LogP contribution in [0.4, 0.5) is 0 Å². The van der Waals surface area contributed by atoms with Gasteiger partial charge in [-0.1, -0.05) is 42.5 Å². The molecule has 2 N–H and O–H groups in total.